The van der Waals surface area contributed by atoms with Gasteiger partial charge in [-0.2, -0.15) is 0 Å². The summed E-state index contributed by atoms with van der Waals surface area (Å²) in [6, 6.07) is 18.3. The van der Waals surface area contributed by atoms with Crippen molar-refractivity contribution in [3.05, 3.63) is 82.0 Å². The van der Waals surface area contributed by atoms with Gasteiger partial charge in [0.2, 0.25) is 10.0 Å². The van der Waals surface area contributed by atoms with Gasteiger partial charge in [-0.05, 0) is 53.6 Å². The highest BCUT2D eigenvalue weighted by Gasteiger charge is 2.28. The highest BCUT2D eigenvalue weighted by Crippen LogP contribution is 2.36. The average Bonchev–Trinajstić information content (AvgIpc) is 3.50. The van der Waals surface area contributed by atoms with Crippen molar-refractivity contribution in [2.24, 2.45) is 5.14 Å². The van der Waals surface area contributed by atoms with Crippen LogP contribution in [0.1, 0.15) is 22.0 Å². The fraction of sp³-hybridized carbons (Fsp3) is 0.250. The molecule has 34 heavy (non-hydrogen) atoms. The van der Waals surface area contributed by atoms with Crippen molar-refractivity contribution in [1.29, 1.82) is 0 Å². The number of benzene rings is 2. The molecule has 10 heteroatoms. The van der Waals surface area contributed by atoms with E-state index >= 15 is 0 Å². The van der Waals surface area contributed by atoms with Gasteiger partial charge in [-0.1, -0.05) is 36.4 Å². The molecule has 4 N–H and O–H groups in total. The Morgan fingerprint density at radius 3 is 2.44 bits per heavy atom. The average molecular weight is 499 g/mol. The van der Waals surface area contributed by atoms with E-state index < -0.39 is 21.8 Å². The molecule has 2 aromatic carbocycles. The third kappa shape index (κ3) is 5.64. The van der Waals surface area contributed by atoms with Crippen LogP contribution in [-0.2, 0) is 32.5 Å². The summed E-state index contributed by atoms with van der Waals surface area (Å²) >= 11 is 1.63. The van der Waals surface area contributed by atoms with Crippen LogP contribution >= 0.6 is 11.3 Å². The molecule has 8 nitrogen and oxygen atoms in total. The van der Waals surface area contributed by atoms with Crippen molar-refractivity contribution >= 4 is 38.9 Å². The van der Waals surface area contributed by atoms with Crippen LogP contribution < -0.4 is 20.7 Å². The maximum Gasteiger partial charge on any atom is 0.309 e. The second kappa shape index (κ2) is 10.4. The van der Waals surface area contributed by atoms with Gasteiger partial charge < -0.3 is 15.5 Å². The van der Waals surface area contributed by atoms with Crippen LogP contribution in [0.4, 0.5) is 5.69 Å². The number of amides is 2. The molecule has 0 saturated heterocycles. The lowest BCUT2D eigenvalue weighted by Gasteiger charge is -2.30. The fourth-order valence-electron chi connectivity index (χ4n) is 4.05. The molecule has 4 rings (SSSR count). The van der Waals surface area contributed by atoms with E-state index in [1.807, 2.05) is 29.6 Å². The number of para-hydroxylation sites is 1. The summed E-state index contributed by atoms with van der Waals surface area (Å²) in [6.07, 6.45) is 1.40. The SMILES string of the molecule is NS(=O)(=O)c1ccc(CCNC(=O)C(=O)NCC(c2cccs2)N2CCc3ccccc32)cc1. The first-order valence-corrected chi connectivity index (χ1v) is 13.3. The Balaban J connectivity index is 1.31. The van der Waals surface area contributed by atoms with E-state index in [0.717, 1.165) is 29.1 Å². The standard InChI is InChI=1S/C24H26N4O4S2/c25-34(31,32)19-9-7-17(8-10-19)11-13-26-23(29)24(30)27-16-21(22-6-3-15-33-22)28-14-12-18-4-1-2-5-20(18)28/h1-10,15,21H,11-14,16H2,(H,26,29)(H,27,30)(H2,25,31,32). The zero-order valence-electron chi connectivity index (χ0n) is 18.4. The van der Waals surface area contributed by atoms with E-state index in [2.05, 4.69) is 27.7 Å². The van der Waals surface area contributed by atoms with Gasteiger partial charge in [-0.3, -0.25) is 9.59 Å². The van der Waals surface area contributed by atoms with E-state index in [0.29, 0.717) is 13.0 Å². The number of sulfonamides is 1. The number of thiophene rings is 1. The summed E-state index contributed by atoms with van der Waals surface area (Å²) in [7, 11) is -3.74. The Kier molecular flexibility index (Phi) is 7.30. The van der Waals surface area contributed by atoms with Gasteiger partial charge in [0.25, 0.3) is 0 Å². The van der Waals surface area contributed by atoms with Crippen LogP contribution in [0.3, 0.4) is 0 Å². The molecular formula is C24H26N4O4S2. The van der Waals surface area contributed by atoms with Crippen molar-refractivity contribution in [3.8, 4) is 0 Å². The predicted molar refractivity (Wildman–Crippen MR) is 132 cm³/mol. The lowest BCUT2D eigenvalue weighted by Crippen LogP contribution is -2.44. The predicted octanol–water partition coefficient (Wildman–Crippen LogP) is 1.97. The maximum atomic E-state index is 12.5. The van der Waals surface area contributed by atoms with Crippen LogP contribution in [0.15, 0.2) is 70.9 Å². The number of anilines is 1. The number of hydrogen-bond donors (Lipinski definition) is 3. The van der Waals surface area contributed by atoms with Gasteiger partial charge in [0.15, 0.2) is 0 Å². The van der Waals surface area contributed by atoms with Gasteiger partial charge in [0, 0.05) is 30.2 Å². The number of nitrogens with two attached hydrogens (primary N) is 1. The Morgan fingerprint density at radius 2 is 1.74 bits per heavy atom. The van der Waals surface area contributed by atoms with Crippen molar-refractivity contribution in [2.75, 3.05) is 24.5 Å². The molecule has 1 aliphatic rings. The highest BCUT2D eigenvalue weighted by atomic mass is 32.2. The number of nitrogens with zero attached hydrogens (tertiary/aromatic N) is 1. The van der Waals surface area contributed by atoms with Crippen LogP contribution in [0.25, 0.3) is 0 Å². The third-order valence-electron chi connectivity index (χ3n) is 5.78. The summed E-state index contributed by atoms with van der Waals surface area (Å²) in [5.41, 5.74) is 3.26. The highest BCUT2D eigenvalue weighted by molar-refractivity contribution is 7.89. The molecule has 1 aliphatic heterocycles. The first-order chi connectivity index (χ1) is 16.3. The van der Waals surface area contributed by atoms with Crippen LogP contribution in [0.5, 0.6) is 0 Å². The topological polar surface area (TPSA) is 122 Å². The van der Waals surface area contributed by atoms with Gasteiger partial charge in [0.05, 0.1) is 10.9 Å². The number of nitrogens with one attached hydrogen (secondary N) is 2. The quantitative estimate of drug-likeness (QED) is 0.410. The maximum absolute atomic E-state index is 12.5. The Morgan fingerprint density at radius 1 is 1.00 bits per heavy atom. The van der Waals surface area contributed by atoms with Crippen molar-refractivity contribution < 1.29 is 18.0 Å². The number of hydrogen-bond acceptors (Lipinski definition) is 6. The minimum atomic E-state index is -3.74. The number of rotatable bonds is 8. The molecule has 178 valence electrons. The van der Waals surface area contributed by atoms with Gasteiger partial charge in [0.1, 0.15) is 0 Å². The molecule has 3 aromatic rings. The molecular weight excluding hydrogens is 472 g/mol. The second-order valence-electron chi connectivity index (χ2n) is 8.01. The Hall–Kier alpha value is -3.21. The lowest BCUT2D eigenvalue weighted by molar-refractivity contribution is -0.139. The summed E-state index contributed by atoms with van der Waals surface area (Å²) in [5, 5.41) is 12.5. The zero-order chi connectivity index (χ0) is 24.1. The van der Waals surface area contributed by atoms with E-state index in [9.17, 15) is 18.0 Å². The molecule has 1 atom stereocenters. The van der Waals surface area contributed by atoms with Gasteiger partial charge in [-0.15, -0.1) is 11.3 Å². The van der Waals surface area contributed by atoms with Crippen molar-refractivity contribution in [2.45, 2.75) is 23.8 Å². The fourth-order valence-corrected chi connectivity index (χ4v) is 5.40. The molecule has 0 saturated carbocycles. The molecule has 0 fully saturated rings. The summed E-state index contributed by atoms with van der Waals surface area (Å²) in [5.74, 6) is -1.38. The smallest absolute Gasteiger partial charge is 0.309 e. The Labute approximate surface area is 202 Å². The van der Waals surface area contributed by atoms with E-state index in [1.165, 1.54) is 17.7 Å². The minimum Gasteiger partial charge on any atom is -0.361 e. The van der Waals surface area contributed by atoms with E-state index in [-0.39, 0.29) is 17.5 Å². The first kappa shape index (κ1) is 23.9. The molecule has 0 radical (unpaired) electrons. The van der Waals surface area contributed by atoms with Crippen LogP contribution in [0, 0.1) is 0 Å². The first-order valence-electron chi connectivity index (χ1n) is 10.9. The molecule has 0 spiro atoms. The summed E-state index contributed by atoms with van der Waals surface area (Å²) in [6.45, 7) is 1.42. The van der Waals surface area contributed by atoms with E-state index in [1.54, 1.807) is 23.5 Å². The van der Waals surface area contributed by atoms with Crippen LogP contribution in [0.2, 0.25) is 0 Å². The van der Waals surface area contributed by atoms with E-state index in [4.69, 9.17) is 5.14 Å². The normalized spacial score (nSPS) is 13.9. The number of primary sulfonamides is 1. The molecule has 2 amide bonds. The third-order valence-corrected chi connectivity index (χ3v) is 7.69. The number of fused-ring (bicyclic) bond motifs is 1. The number of carbonyl (C=O) groups is 2. The molecule has 2 heterocycles. The summed E-state index contributed by atoms with van der Waals surface area (Å²) < 4.78 is 22.7. The molecule has 1 aromatic heterocycles. The monoisotopic (exact) mass is 498 g/mol. The van der Waals surface area contributed by atoms with Crippen molar-refractivity contribution in [1.82, 2.24) is 10.6 Å². The summed E-state index contributed by atoms with van der Waals surface area (Å²) in [4.78, 5) is 28.2. The van der Waals surface area contributed by atoms with Gasteiger partial charge in [-0.25, -0.2) is 13.6 Å². The van der Waals surface area contributed by atoms with Gasteiger partial charge >= 0.3 is 11.8 Å². The van der Waals surface area contributed by atoms with Crippen molar-refractivity contribution in [3.63, 3.8) is 0 Å². The lowest BCUT2D eigenvalue weighted by atomic mass is 10.1. The molecule has 1 unspecified atom stereocenters. The zero-order valence-corrected chi connectivity index (χ0v) is 20.1. The molecule has 0 aliphatic carbocycles. The molecule has 0 bridgehead atoms. The largest absolute Gasteiger partial charge is 0.361 e. The van der Waals surface area contributed by atoms with Crippen LogP contribution in [-0.4, -0.2) is 39.9 Å². The number of carbonyl (C=O) groups excluding carboxylic acids is 2. The Bertz CT molecular complexity index is 1260. The minimum absolute atomic E-state index is 0.0283. The second-order valence-corrected chi connectivity index (χ2v) is 10.5.